The lowest BCUT2D eigenvalue weighted by Crippen LogP contribution is -2.55. The van der Waals surface area contributed by atoms with E-state index in [0.717, 1.165) is 5.56 Å². The summed E-state index contributed by atoms with van der Waals surface area (Å²) in [5.41, 5.74) is 0.892. The fraction of sp³-hybridized carbons (Fsp3) is 0.571. The zero-order chi connectivity index (χ0) is 14.8. The maximum absolute atomic E-state index is 12.6. The second-order valence-electron chi connectivity index (χ2n) is 5.67. The van der Waals surface area contributed by atoms with E-state index in [0.29, 0.717) is 25.3 Å². The van der Waals surface area contributed by atoms with Crippen LogP contribution in [-0.2, 0) is 27.1 Å². The molecule has 0 saturated carbocycles. The molecule has 20 heavy (non-hydrogen) atoms. The molecule has 2 rings (SSSR count). The highest BCUT2D eigenvalue weighted by Crippen LogP contribution is 2.25. The Morgan fingerprint density at radius 3 is 2.70 bits per heavy atom. The molecule has 5 nitrogen and oxygen atoms in total. The minimum absolute atomic E-state index is 0.0513. The van der Waals surface area contributed by atoms with Gasteiger partial charge in [-0.2, -0.15) is 4.31 Å². The van der Waals surface area contributed by atoms with Crippen molar-refractivity contribution in [2.24, 2.45) is 0 Å². The van der Waals surface area contributed by atoms with E-state index >= 15 is 0 Å². The van der Waals surface area contributed by atoms with Crippen LogP contribution >= 0.6 is 0 Å². The van der Waals surface area contributed by atoms with Gasteiger partial charge < -0.3 is 9.84 Å². The van der Waals surface area contributed by atoms with E-state index in [1.54, 1.807) is 24.3 Å². The van der Waals surface area contributed by atoms with E-state index in [1.807, 2.05) is 13.8 Å². The number of sulfonamides is 1. The Labute approximate surface area is 120 Å². The molecule has 1 aliphatic heterocycles. The molecule has 1 saturated heterocycles. The third-order valence-corrected chi connectivity index (χ3v) is 5.47. The zero-order valence-corrected chi connectivity index (χ0v) is 12.7. The first-order valence-corrected chi connectivity index (χ1v) is 8.23. The third-order valence-electron chi connectivity index (χ3n) is 3.43. The molecular weight excluding hydrogens is 278 g/mol. The minimum atomic E-state index is -3.40. The van der Waals surface area contributed by atoms with Crippen molar-refractivity contribution in [3.8, 4) is 0 Å². The lowest BCUT2D eigenvalue weighted by Gasteiger charge is -2.40. The second kappa shape index (κ2) is 5.81. The quantitative estimate of drug-likeness (QED) is 0.905. The van der Waals surface area contributed by atoms with Crippen LogP contribution in [0.2, 0.25) is 0 Å². The molecule has 1 N–H and O–H groups in total. The average molecular weight is 299 g/mol. The van der Waals surface area contributed by atoms with Gasteiger partial charge in [-0.25, -0.2) is 8.42 Å². The number of hydrogen-bond acceptors (Lipinski definition) is 4. The summed E-state index contributed by atoms with van der Waals surface area (Å²) in [5.74, 6) is -0.0513. The zero-order valence-electron chi connectivity index (χ0n) is 11.9. The highest BCUT2D eigenvalue weighted by atomic mass is 32.2. The van der Waals surface area contributed by atoms with Gasteiger partial charge in [0.25, 0.3) is 0 Å². The van der Waals surface area contributed by atoms with E-state index in [-0.39, 0.29) is 12.4 Å². The Hall–Kier alpha value is -0.950. The van der Waals surface area contributed by atoms with Gasteiger partial charge in [0.15, 0.2) is 0 Å². The number of benzene rings is 1. The summed E-state index contributed by atoms with van der Waals surface area (Å²) in [6.45, 7) is 4.87. The van der Waals surface area contributed by atoms with Crippen molar-refractivity contribution in [1.29, 1.82) is 0 Å². The topological polar surface area (TPSA) is 66.8 Å². The molecule has 1 fully saturated rings. The normalized spacial score (nSPS) is 19.9. The van der Waals surface area contributed by atoms with Crippen LogP contribution in [0.5, 0.6) is 0 Å². The van der Waals surface area contributed by atoms with Crippen LogP contribution in [0.1, 0.15) is 25.0 Å². The summed E-state index contributed by atoms with van der Waals surface area (Å²) in [5, 5.41) is 9.12. The number of aliphatic hydroxyl groups excluding tert-OH is 1. The first-order chi connectivity index (χ1) is 9.35. The number of nitrogens with zero attached hydrogens (tertiary/aromatic N) is 1. The predicted molar refractivity (Wildman–Crippen MR) is 76.6 cm³/mol. The lowest BCUT2D eigenvalue weighted by molar-refractivity contribution is -0.00778. The molecule has 0 amide bonds. The molecular formula is C14H21NO4S. The van der Waals surface area contributed by atoms with E-state index in [4.69, 9.17) is 9.84 Å². The maximum Gasteiger partial charge on any atom is 0.218 e. The molecule has 6 heteroatoms. The Morgan fingerprint density at radius 2 is 2.05 bits per heavy atom. The molecule has 0 aromatic heterocycles. The summed E-state index contributed by atoms with van der Waals surface area (Å²) in [7, 11) is -3.40. The van der Waals surface area contributed by atoms with Crippen LogP contribution in [-0.4, -0.2) is 43.1 Å². The molecule has 0 radical (unpaired) electrons. The van der Waals surface area contributed by atoms with Gasteiger partial charge in [-0.15, -0.1) is 0 Å². The number of hydrogen-bond donors (Lipinski definition) is 1. The highest BCUT2D eigenvalue weighted by molar-refractivity contribution is 7.88. The van der Waals surface area contributed by atoms with Crippen LogP contribution in [0.15, 0.2) is 24.3 Å². The molecule has 1 heterocycles. The summed E-state index contributed by atoms with van der Waals surface area (Å²) in [6, 6.07) is 7.03. The number of ether oxygens (including phenoxy) is 1. The van der Waals surface area contributed by atoms with Gasteiger partial charge in [-0.05, 0) is 25.0 Å². The van der Waals surface area contributed by atoms with Crippen molar-refractivity contribution in [2.45, 2.75) is 31.7 Å². The Kier molecular flexibility index (Phi) is 4.49. The fourth-order valence-electron chi connectivity index (χ4n) is 2.47. The van der Waals surface area contributed by atoms with Crippen molar-refractivity contribution in [3.05, 3.63) is 35.4 Å². The number of aliphatic hydroxyl groups is 1. The summed E-state index contributed by atoms with van der Waals surface area (Å²) in [4.78, 5) is 0. The summed E-state index contributed by atoms with van der Waals surface area (Å²) < 4.78 is 32.0. The van der Waals surface area contributed by atoms with Crippen LogP contribution < -0.4 is 0 Å². The first-order valence-electron chi connectivity index (χ1n) is 6.62. The second-order valence-corrected chi connectivity index (χ2v) is 7.56. The molecule has 0 unspecified atom stereocenters. The molecule has 1 aromatic carbocycles. The van der Waals surface area contributed by atoms with Gasteiger partial charge >= 0.3 is 0 Å². The number of rotatable bonds is 4. The van der Waals surface area contributed by atoms with Gasteiger partial charge in [0.05, 0.1) is 31.1 Å². The molecule has 1 aromatic rings. The summed E-state index contributed by atoms with van der Waals surface area (Å²) >= 11 is 0. The largest absolute Gasteiger partial charge is 0.392 e. The fourth-order valence-corrected chi connectivity index (χ4v) is 4.38. The molecule has 112 valence electrons. The van der Waals surface area contributed by atoms with Crippen molar-refractivity contribution < 1.29 is 18.3 Å². The van der Waals surface area contributed by atoms with Crippen molar-refractivity contribution in [2.75, 3.05) is 19.8 Å². The number of morpholine rings is 1. The van der Waals surface area contributed by atoms with Gasteiger partial charge in [0.2, 0.25) is 10.0 Å². The SMILES string of the molecule is CC1(C)COCCN1S(=O)(=O)Cc1cccc(CO)c1. The van der Waals surface area contributed by atoms with Crippen molar-refractivity contribution >= 4 is 10.0 Å². The Morgan fingerprint density at radius 1 is 1.35 bits per heavy atom. The van der Waals surface area contributed by atoms with Crippen LogP contribution in [0.3, 0.4) is 0 Å². The Balaban J connectivity index is 2.22. The third kappa shape index (κ3) is 3.38. The molecule has 0 spiro atoms. The minimum Gasteiger partial charge on any atom is -0.392 e. The van der Waals surface area contributed by atoms with Crippen molar-refractivity contribution in [1.82, 2.24) is 4.31 Å². The predicted octanol–water partition coefficient (Wildman–Crippen LogP) is 1.12. The maximum atomic E-state index is 12.6. The van der Waals surface area contributed by atoms with Gasteiger partial charge in [-0.3, -0.25) is 0 Å². The summed E-state index contributed by atoms with van der Waals surface area (Å²) in [6.07, 6.45) is 0. The average Bonchev–Trinajstić information content (AvgIpc) is 2.37. The van der Waals surface area contributed by atoms with Crippen molar-refractivity contribution in [3.63, 3.8) is 0 Å². The van der Waals surface area contributed by atoms with E-state index < -0.39 is 15.6 Å². The van der Waals surface area contributed by atoms with Gasteiger partial charge in [-0.1, -0.05) is 24.3 Å². The standard InChI is InChI=1S/C14H21NO4S/c1-14(2)11-19-7-6-15(14)20(17,18)10-13-5-3-4-12(8-13)9-16/h3-5,8,16H,6-7,9-11H2,1-2H3. The smallest absolute Gasteiger partial charge is 0.218 e. The van der Waals surface area contributed by atoms with Crippen LogP contribution in [0, 0.1) is 0 Å². The monoisotopic (exact) mass is 299 g/mol. The molecule has 0 atom stereocenters. The first kappa shape index (κ1) is 15.4. The highest BCUT2D eigenvalue weighted by Gasteiger charge is 2.38. The van der Waals surface area contributed by atoms with E-state index in [2.05, 4.69) is 0 Å². The van der Waals surface area contributed by atoms with E-state index in [9.17, 15) is 8.42 Å². The van der Waals surface area contributed by atoms with Crippen LogP contribution in [0.4, 0.5) is 0 Å². The van der Waals surface area contributed by atoms with Gasteiger partial charge in [0, 0.05) is 6.54 Å². The van der Waals surface area contributed by atoms with E-state index in [1.165, 1.54) is 4.31 Å². The Bertz CT molecular complexity index is 568. The molecule has 1 aliphatic rings. The molecule has 0 aliphatic carbocycles. The lowest BCUT2D eigenvalue weighted by atomic mass is 10.1. The van der Waals surface area contributed by atoms with Gasteiger partial charge in [0.1, 0.15) is 0 Å². The van der Waals surface area contributed by atoms with Crippen LogP contribution in [0.25, 0.3) is 0 Å². The molecule has 0 bridgehead atoms.